The summed E-state index contributed by atoms with van der Waals surface area (Å²) in [5.41, 5.74) is 6.92. The van der Waals surface area contributed by atoms with E-state index in [1.54, 1.807) is 19.2 Å². The van der Waals surface area contributed by atoms with Crippen LogP contribution in [0, 0.1) is 0 Å². The summed E-state index contributed by atoms with van der Waals surface area (Å²) in [6, 6.07) is 7.22. The number of rotatable bonds is 2. The highest BCUT2D eigenvalue weighted by Crippen LogP contribution is 2.16. The second-order valence-corrected chi connectivity index (χ2v) is 2.32. The fourth-order valence-electron chi connectivity index (χ4n) is 0.915. The van der Waals surface area contributed by atoms with Gasteiger partial charge in [-0.1, -0.05) is 32.0 Å². The van der Waals surface area contributed by atoms with E-state index >= 15 is 0 Å². The molecular formula is C10H18N2O. The normalized spacial score (nSPS) is 11.4. The summed E-state index contributed by atoms with van der Waals surface area (Å²) in [5.74, 6) is 0. The molecule has 0 radical (unpaired) electrons. The van der Waals surface area contributed by atoms with E-state index < -0.39 is 6.23 Å². The van der Waals surface area contributed by atoms with E-state index in [0.717, 1.165) is 5.56 Å². The van der Waals surface area contributed by atoms with Crippen LogP contribution in [0.5, 0.6) is 0 Å². The molecule has 13 heavy (non-hydrogen) atoms. The number of nitrogens with two attached hydrogens (primary N) is 1. The van der Waals surface area contributed by atoms with E-state index in [-0.39, 0.29) is 0 Å². The highest BCUT2D eigenvalue weighted by atomic mass is 16.3. The molecule has 0 amide bonds. The molecule has 1 aromatic rings. The van der Waals surface area contributed by atoms with E-state index in [9.17, 15) is 5.11 Å². The largest absolute Gasteiger partial charge is 0.398 e. The van der Waals surface area contributed by atoms with Gasteiger partial charge in [0.2, 0.25) is 0 Å². The number of nitrogen functional groups attached to an aromatic ring is 1. The van der Waals surface area contributed by atoms with Crippen molar-refractivity contribution in [3.63, 3.8) is 0 Å². The monoisotopic (exact) mass is 182 g/mol. The highest BCUT2D eigenvalue weighted by Gasteiger charge is 2.05. The van der Waals surface area contributed by atoms with E-state index in [4.69, 9.17) is 5.73 Å². The van der Waals surface area contributed by atoms with Crippen LogP contribution < -0.4 is 11.1 Å². The maximum absolute atomic E-state index is 9.32. The number of aliphatic hydroxyl groups is 1. The minimum atomic E-state index is -0.670. The number of hydrogen-bond donors (Lipinski definition) is 3. The average molecular weight is 182 g/mol. The van der Waals surface area contributed by atoms with Crippen molar-refractivity contribution >= 4 is 5.69 Å². The van der Waals surface area contributed by atoms with Crippen LogP contribution in [-0.4, -0.2) is 12.2 Å². The van der Waals surface area contributed by atoms with Gasteiger partial charge in [-0.25, -0.2) is 0 Å². The lowest BCUT2D eigenvalue weighted by atomic mass is 10.1. The van der Waals surface area contributed by atoms with Crippen molar-refractivity contribution < 1.29 is 5.11 Å². The summed E-state index contributed by atoms with van der Waals surface area (Å²) in [4.78, 5) is 0. The zero-order valence-electron chi connectivity index (χ0n) is 8.41. The van der Waals surface area contributed by atoms with Crippen LogP contribution in [0.2, 0.25) is 0 Å². The van der Waals surface area contributed by atoms with Crippen molar-refractivity contribution in [1.29, 1.82) is 0 Å². The highest BCUT2D eigenvalue weighted by molar-refractivity contribution is 5.47. The molecule has 74 valence electrons. The molecule has 1 unspecified atom stereocenters. The predicted molar refractivity (Wildman–Crippen MR) is 56.2 cm³/mol. The maximum Gasteiger partial charge on any atom is 0.132 e. The fourth-order valence-corrected chi connectivity index (χ4v) is 0.915. The van der Waals surface area contributed by atoms with Gasteiger partial charge in [-0.2, -0.15) is 0 Å². The Morgan fingerprint density at radius 1 is 1.31 bits per heavy atom. The lowest BCUT2D eigenvalue weighted by molar-refractivity contribution is 0.150. The van der Waals surface area contributed by atoms with Crippen LogP contribution >= 0.6 is 0 Å². The molecule has 0 aliphatic heterocycles. The zero-order valence-corrected chi connectivity index (χ0v) is 8.41. The first kappa shape index (κ1) is 11.9. The molecule has 0 aliphatic carbocycles. The first-order chi connectivity index (χ1) is 6.25. The summed E-state index contributed by atoms with van der Waals surface area (Å²) in [7, 11) is 1.68. The van der Waals surface area contributed by atoms with E-state index in [1.165, 1.54) is 0 Å². The Bertz CT molecular complexity index is 238. The molecule has 3 heteroatoms. The van der Waals surface area contributed by atoms with Gasteiger partial charge in [0.1, 0.15) is 6.23 Å². The third-order valence-corrected chi connectivity index (χ3v) is 1.56. The van der Waals surface area contributed by atoms with Gasteiger partial charge in [-0.05, 0) is 13.1 Å². The molecule has 1 atom stereocenters. The Kier molecular flexibility index (Phi) is 5.93. The van der Waals surface area contributed by atoms with E-state index in [2.05, 4.69) is 5.32 Å². The Morgan fingerprint density at radius 3 is 2.31 bits per heavy atom. The van der Waals surface area contributed by atoms with Crippen molar-refractivity contribution in [3.05, 3.63) is 29.8 Å². The molecule has 3 nitrogen and oxygen atoms in total. The van der Waals surface area contributed by atoms with Crippen molar-refractivity contribution in [2.45, 2.75) is 20.1 Å². The number of hydrogen-bond acceptors (Lipinski definition) is 3. The minimum absolute atomic E-state index is 0.606. The number of aliphatic hydroxyl groups excluding tert-OH is 1. The van der Waals surface area contributed by atoms with Crippen molar-refractivity contribution in [1.82, 2.24) is 5.32 Å². The third kappa shape index (κ3) is 3.44. The van der Waals surface area contributed by atoms with Crippen LogP contribution in [0.25, 0.3) is 0 Å². The van der Waals surface area contributed by atoms with Gasteiger partial charge in [0.05, 0.1) is 0 Å². The molecular weight excluding hydrogens is 164 g/mol. The molecule has 0 heterocycles. The van der Waals surface area contributed by atoms with Crippen molar-refractivity contribution in [2.24, 2.45) is 0 Å². The summed E-state index contributed by atoms with van der Waals surface area (Å²) < 4.78 is 0. The minimum Gasteiger partial charge on any atom is -0.398 e. The second-order valence-electron chi connectivity index (χ2n) is 2.32. The van der Waals surface area contributed by atoms with Crippen LogP contribution in [-0.2, 0) is 0 Å². The van der Waals surface area contributed by atoms with Crippen LogP contribution in [0.1, 0.15) is 25.6 Å². The number of nitrogens with one attached hydrogen (secondary N) is 1. The molecule has 1 aromatic carbocycles. The topological polar surface area (TPSA) is 58.3 Å². The van der Waals surface area contributed by atoms with Gasteiger partial charge in [0.15, 0.2) is 0 Å². The van der Waals surface area contributed by atoms with Crippen LogP contribution in [0.15, 0.2) is 24.3 Å². The van der Waals surface area contributed by atoms with E-state index in [0.29, 0.717) is 5.69 Å². The van der Waals surface area contributed by atoms with Gasteiger partial charge in [0, 0.05) is 11.3 Å². The Morgan fingerprint density at radius 2 is 1.85 bits per heavy atom. The number of para-hydroxylation sites is 1. The van der Waals surface area contributed by atoms with Gasteiger partial charge in [0.25, 0.3) is 0 Å². The molecule has 0 aliphatic rings. The number of benzene rings is 1. The first-order valence-corrected chi connectivity index (χ1v) is 4.45. The quantitative estimate of drug-likeness (QED) is 0.480. The van der Waals surface area contributed by atoms with Crippen molar-refractivity contribution in [3.8, 4) is 0 Å². The lowest BCUT2D eigenvalue weighted by Gasteiger charge is -2.11. The van der Waals surface area contributed by atoms with Gasteiger partial charge in [-0.15, -0.1) is 0 Å². The van der Waals surface area contributed by atoms with Crippen LogP contribution in [0.4, 0.5) is 5.69 Å². The molecule has 0 aromatic heterocycles. The third-order valence-electron chi connectivity index (χ3n) is 1.56. The Hall–Kier alpha value is -1.06. The Balaban J connectivity index is 0.000000671. The Labute approximate surface area is 79.6 Å². The molecule has 0 fully saturated rings. The predicted octanol–water partition coefficient (Wildman–Crippen LogP) is 1.51. The van der Waals surface area contributed by atoms with Crippen LogP contribution in [0.3, 0.4) is 0 Å². The molecule has 0 saturated carbocycles. The molecule has 1 rings (SSSR count). The standard InChI is InChI=1S/C8H12N2O.C2H6/c1-10-8(11)6-4-2-3-5-7(6)9;1-2/h2-5,8,10-11H,9H2,1H3;1-2H3. The average Bonchev–Trinajstić information content (AvgIpc) is 2.20. The SMILES string of the molecule is CC.CNC(O)c1ccccc1N. The summed E-state index contributed by atoms with van der Waals surface area (Å²) in [5, 5.41) is 12.0. The van der Waals surface area contributed by atoms with Gasteiger partial charge >= 0.3 is 0 Å². The van der Waals surface area contributed by atoms with E-state index in [1.807, 2.05) is 26.0 Å². The zero-order chi connectivity index (χ0) is 10.3. The summed E-state index contributed by atoms with van der Waals surface area (Å²) >= 11 is 0. The van der Waals surface area contributed by atoms with Gasteiger partial charge < -0.3 is 10.8 Å². The molecule has 4 N–H and O–H groups in total. The molecule has 0 bridgehead atoms. The molecule has 0 spiro atoms. The summed E-state index contributed by atoms with van der Waals surface area (Å²) in [6.07, 6.45) is -0.670. The van der Waals surface area contributed by atoms with Crippen molar-refractivity contribution in [2.75, 3.05) is 12.8 Å². The maximum atomic E-state index is 9.32. The van der Waals surface area contributed by atoms with Gasteiger partial charge in [-0.3, -0.25) is 5.32 Å². The second kappa shape index (κ2) is 6.46. The first-order valence-electron chi connectivity index (χ1n) is 4.45. The number of anilines is 1. The fraction of sp³-hybridized carbons (Fsp3) is 0.400. The molecule has 0 saturated heterocycles. The smallest absolute Gasteiger partial charge is 0.132 e. The lowest BCUT2D eigenvalue weighted by Crippen LogP contribution is -2.16. The summed E-state index contributed by atoms with van der Waals surface area (Å²) in [6.45, 7) is 4.00.